The first-order chi connectivity index (χ1) is 16.6. The first-order valence-corrected chi connectivity index (χ1v) is 12.9. The number of carbonyl (C=O) groups is 1. The molecule has 7 heteroatoms. The fourth-order valence-corrected chi connectivity index (χ4v) is 4.38. The van der Waals surface area contributed by atoms with Crippen molar-refractivity contribution in [3.63, 3.8) is 0 Å². The number of benzene rings is 1. The zero-order valence-corrected chi connectivity index (χ0v) is 22.3. The molecule has 0 saturated carbocycles. The molecule has 1 aromatic carbocycles. The van der Waals surface area contributed by atoms with Crippen molar-refractivity contribution in [1.82, 2.24) is 14.5 Å². The topological polar surface area (TPSA) is 92.3 Å². The Bertz CT molecular complexity index is 1150. The quantitative estimate of drug-likeness (QED) is 0.223. The number of imidazole rings is 1. The molecule has 0 spiro atoms. The van der Waals surface area contributed by atoms with Crippen LogP contribution in [0.3, 0.4) is 0 Å². The minimum Gasteiger partial charge on any atom is -0.458 e. The van der Waals surface area contributed by atoms with Crippen LogP contribution in [0.5, 0.6) is 0 Å². The van der Waals surface area contributed by atoms with Gasteiger partial charge in [-0.3, -0.25) is 4.79 Å². The van der Waals surface area contributed by atoms with Crippen LogP contribution < -0.4 is 5.73 Å². The van der Waals surface area contributed by atoms with Gasteiger partial charge in [0.05, 0.1) is 17.6 Å². The number of aromatic nitrogens is 3. The van der Waals surface area contributed by atoms with Gasteiger partial charge >= 0.3 is 5.97 Å². The summed E-state index contributed by atoms with van der Waals surface area (Å²) >= 11 is 0. The third-order valence-electron chi connectivity index (χ3n) is 6.75. The molecular formula is C28H42N4O3. The number of esters is 1. The van der Waals surface area contributed by atoms with Gasteiger partial charge in [0.15, 0.2) is 5.82 Å². The largest absolute Gasteiger partial charge is 0.458 e. The summed E-state index contributed by atoms with van der Waals surface area (Å²) in [5.74, 6) is 0.970. The molecule has 0 atom stereocenters. The third kappa shape index (κ3) is 6.94. The molecule has 3 aromatic rings. The lowest BCUT2D eigenvalue weighted by Crippen LogP contribution is -2.34. The van der Waals surface area contributed by atoms with Crippen molar-refractivity contribution in [2.24, 2.45) is 5.41 Å². The van der Waals surface area contributed by atoms with Crippen molar-refractivity contribution in [1.29, 1.82) is 0 Å². The number of nitrogens with zero attached hydrogens (tertiary/aromatic N) is 3. The van der Waals surface area contributed by atoms with Gasteiger partial charge in [0.25, 0.3) is 0 Å². The van der Waals surface area contributed by atoms with E-state index in [-0.39, 0.29) is 5.97 Å². The van der Waals surface area contributed by atoms with Gasteiger partial charge < -0.3 is 19.8 Å². The highest BCUT2D eigenvalue weighted by Crippen LogP contribution is 2.31. The Morgan fingerprint density at radius 2 is 1.80 bits per heavy atom. The lowest BCUT2D eigenvalue weighted by Gasteiger charge is -2.27. The molecule has 3 rings (SSSR count). The number of carbonyl (C=O) groups excluding carboxylic acids is 1. The summed E-state index contributed by atoms with van der Waals surface area (Å²) in [6, 6.07) is 7.88. The predicted octanol–water partition coefficient (Wildman–Crippen LogP) is 6.41. The number of para-hydroxylation sites is 1. The van der Waals surface area contributed by atoms with E-state index in [1.54, 1.807) is 0 Å². The van der Waals surface area contributed by atoms with Crippen LogP contribution in [0.2, 0.25) is 0 Å². The maximum atomic E-state index is 12.7. The van der Waals surface area contributed by atoms with Crippen LogP contribution in [0.1, 0.15) is 85.9 Å². The Labute approximate surface area is 209 Å². The summed E-state index contributed by atoms with van der Waals surface area (Å²) in [4.78, 5) is 22.0. The average molecular weight is 483 g/mol. The van der Waals surface area contributed by atoms with Crippen molar-refractivity contribution in [3.8, 4) is 0 Å². The van der Waals surface area contributed by atoms with Crippen molar-refractivity contribution in [3.05, 3.63) is 30.1 Å². The van der Waals surface area contributed by atoms with Gasteiger partial charge in [-0.15, -0.1) is 0 Å². The standard InChI is InChI=1S/C28H42N4O3/c1-7-27(3,4)17-13-9-10-16-23(33)35-28(5,6)19-32-22(18-34-8-2)31-24-25(32)20-14-11-12-15-21(20)30-26(24)29/h11-12,14-15H,7-10,13,16-19H2,1-6H3,(H2,29,30). The molecule has 0 saturated heterocycles. The molecule has 0 radical (unpaired) electrons. The molecule has 0 aliphatic carbocycles. The number of fused-ring (bicyclic) bond motifs is 3. The minimum absolute atomic E-state index is 0.161. The number of nitrogen functional groups attached to an aromatic ring is 1. The van der Waals surface area contributed by atoms with E-state index in [9.17, 15) is 4.79 Å². The van der Waals surface area contributed by atoms with Gasteiger partial charge in [-0.05, 0) is 45.1 Å². The fourth-order valence-electron chi connectivity index (χ4n) is 4.38. The Morgan fingerprint density at radius 1 is 1.06 bits per heavy atom. The zero-order chi connectivity index (χ0) is 25.6. The predicted molar refractivity (Wildman–Crippen MR) is 142 cm³/mol. The van der Waals surface area contributed by atoms with Crippen molar-refractivity contribution in [2.45, 2.75) is 98.8 Å². The van der Waals surface area contributed by atoms with E-state index in [4.69, 9.17) is 20.2 Å². The van der Waals surface area contributed by atoms with Crippen LogP contribution >= 0.6 is 0 Å². The normalized spacial score (nSPS) is 12.5. The van der Waals surface area contributed by atoms with Gasteiger partial charge in [-0.1, -0.05) is 58.2 Å². The van der Waals surface area contributed by atoms with E-state index < -0.39 is 5.60 Å². The van der Waals surface area contributed by atoms with Gasteiger partial charge in [-0.25, -0.2) is 9.97 Å². The molecule has 0 fully saturated rings. The van der Waals surface area contributed by atoms with E-state index in [2.05, 4.69) is 30.3 Å². The highest BCUT2D eigenvalue weighted by Gasteiger charge is 2.27. The molecule has 2 aromatic heterocycles. The number of rotatable bonds is 13. The van der Waals surface area contributed by atoms with Gasteiger partial charge in [0.2, 0.25) is 0 Å². The molecule has 0 aliphatic heterocycles. The summed E-state index contributed by atoms with van der Waals surface area (Å²) in [6.45, 7) is 14.0. The minimum atomic E-state index is -0.727. The number of pyridine rings is 1. The van der Waals surface area contributed by atoms with E-state index >= 15 is 0 Å². The lowest BCUT2D eigenvalue weighted by molar-refractivity contribution is -0.157. The smallest absolute Gasteiger partial charge is 0.306 e. The SMILES string of the molecule is CCOCc1nc2c(N)nc3ccccc3c2n1CC(C)(C)OC(=O)CCCCCC(C)(C)CC. The molecule has 2 heterocycles. The molecule has 0 amide bonds. The van der Waals surface area contributed by atoms with Crippen molar-refractivity contribution in [2.75, 3.05) is 12.3 Å². The third-order valence-corrected chi connectivity index (χ3v) is 6.75. The van der Waals surface area contributed by atoms with E-state index in [1.165, 1.54) is 12.8 Å². The van der Waals surface area contributed by atoms with Gasteiger partial charge in [0, 0.05) is 18.4 Å². The van der Waals surface area contributed by atoms with Crippen LogP contribution in [0.15, 0.2) is 24.3 Å². The molecular weight excluding hydrogens is 440 g/mol. The Balaban J connectivity index is 1.76. The van der Waals surface area contributed by atoms with E-state index in [0.29, 0.717) is 42.9 Å². The maximum absolute atomic E-state index is 12.7. The number of nitrogens with two attached hydrogens (primary N) is 1. The summed E-state index contributed by atoms with van der Waals surface area (Å²) in [6.07, 6.45) is 5.84. The number of anilines is 1. The highest BCUT2D eigenvalue weighted by atomic mass is 16.6. The number of hydrogen-bond donors (Lipinski definition) is 1. The molecule has 0 bridgehead atoms. The highest BCUT2D eigenvalue weighted by molar-refractivity contribution is 6.06. The van der Waals surface area contributed by atoms with Crippen LogP contribution in [0.25, 0.3) is 21.9 Å². The Morgan fingerprint density at radius 3 is 2.51 bits per heavy atom. The summed E-state index contributed by atoms with van der Waals surface area (Å²) < 4.78 is 13.7. The molecule has 0 aliphatic rings. The second kappa shape index (κ2) is 11.4. The zero-order valence-electron chi connectivity index (χ0n) is 22.3. The summed E-state index contributed by atoms with van der Waals surface area (Å²) in [7, 11) is 0. The van der Waals surface area contributed by atoms with Gasteiger partial charge in [0.1, 0.15) is 23.5 Å². The fraction of sp³-hybridized carbons (Fsp3) is 0.607. The number of hydrogen-bond acceptors (Lipinski definition) is 6. The van der Waals surface area contributed by atoms with Gasteiger partial charge in [-0.2, -0.15) is 0 Å². The molecule has 0 unspecified atom stereocenters. The van der Waals surface area contributed by atoms with Crippen LogP contribution in [-0.4, -0.2) is 32.7 Å². The number of ether oxygens (including phenoxy) is 2. The molecule has 2 N–H and O–H groups in total. The Kier molecular flexibility index (Phi) is 8.75. The van der Waals surface area contributed by atoms with Crippen molar-refractivity contribution >= 4 is 33.7 Å². The van der Waals surface area contributed by atoms with Crippen LogP contribution in [-0.2, 0) is 27.4 Å². The second-order valence-electron chi connectivity index (χ2n) is 10.8. The Hall–Kier alpha value is -2.67. The van der Waals surface area contributed by atoms with Crippen LogP contribution in [0, 0.1) is 5.41 Å². The summed E-state index contributed by atoms with van der Waals surface area (Å²) in [5.41, 5.74) is 8.28. The average Bonchev–Trinajstić information content (AvgIpc) is 3.15. The van der Waals surface area contributed by atoms with Crippen molar-refractivity contribution < 1.29 is 14.3 Å². The van der Waals surface area contributed by atoms with E-state index in [0.717, 1.165) is 41.5 Å². The maximum Gasteiger partial charge on any atom is 0.306 e. The van der Waals surface area contributed by atoms with Crippen LogP contribution in [0.4, 0.5) is 5.82 Å². The first kappa shape index (κ1) is 26.9. The summed E-state index contributed by atoms with van der Waals surface area (Å²) in [5, 5.41) is 0.962. The molecule has 7 nitrogen and oxygen atoms in total. The lowest BCUT2D eigenvalue weighted by atomic mass is 9.84. The second-order valence-corrected chi connectivity index (χ2v) is 10.8. The van der Waals surface area contributed by atoms with E-state index in [1.807, 2.05) is 45.0 Å². The molecule has 35 heavy (non-hydrogen) atoms. The number of unbranched alkanes of at least 4 members (excludes halogenated alkanes) is 2. The first-order valence-electron chi connectivity index (χ1n) is 12.9. The molecule has 192 valence electrons. The monoisotopic (exact) mass is 482 g/mol.